The number of carbonyl (C=O) groups excluding carboxylic acids is 1. The third kappa shape index (κ3) is 4.17. The van der Waals surface area contributed by atoms with Gasteiger partial charge in [-0.1, -0.05) is 18.2 Å². The minimum Gasteiger partial charge on any atom is -0.492 e. The second-order valence-corrected chi connectivity index (χ2v) is 4.45. The van der Waals surface area contributed by atoms with E-state index >= 15 is 0 Å². The van der Waals surface area contributed by atoms with E-state index in [1.807, 2.05) is 18.2 Å². The normalized spacial score (nSPS) is 21.1. The molecule has 1 amide bonds. The number of rotatable bonds is 5. The fourth-order valence-corrected chi connectivity index (χ4v) is 1.88. The maximum absolute atomic E-state index is 12.9. The van der Waals surface area contributed by atoms with Crippen LogP contribution in [0.2, 0.25) is 0 Å². The number of carbonyl (C=O) groups is 1. The number of ether oxygens (including phenoxy) is 1. The van der Waals surface area contributed by atoms with Gasteiger partial charge in [0.2, 0.25) is 5.91 Å². The fraction of sp³-hybridized carbons (Fsp3) is 0.462. The van der Waals surface area contributed by atoms with Gasteiger partial charge in [-0.15, -0.1) is 0 Å². The molecule has 0 aromatic heterocycles. The van der Waals surface area contributed by atoms with E-state index in [0.29, 0.717) is 12.4 Å². The largest absolute Gasteiger partial charge is 0.492 e. The quantitative estimate of drug-likeness (QED) is 0.790. The molecule has 1 heterocycles. The Hall–Kier alpha value is -1.69. The summed E-state index contributed by atoms with van der Waals surface area (Å²) in [5.74, 6) is -2.49. The zero-order valence-corrected chi connectivity index (χ0v) is 10.4. The molecular weight excluding hydrogens is 254 g/mol. The van der Waals surface area contributed by atoms with Gasteiger partial charge in [0.25, 0.3) is 5.92 Å². The second kappa shape index (κ2) is 5.97. The Morgan fingerprint density at radius 1 is 1.42 bits per heavy atom. The number of benzene rings is 1. The van der Waals surface area contributed by atoms with Crippen LogP contribution >= 0.6 is 0 Å². The van der Waals surface area contributed by atoms with Crippen LogP contribution < -0.4 is 15.4 Å². The van der Waals surface area contributed by atoms with Crippen LogP contribution in [0.15, 0.2) is 30.3 Å². The highest BCUT2D eigenvalue weighted by molar-refractivity contribution is 5.82. The highest BCUT2D eigenvalue weighted by Crippen LogP contribution is 2.24. The molecule has 1 aliphatic rings. The first-order valence-corrected chi connectivity index (χ1v) is 6.14. The summed E-state index contributed by atoms with van der Waals surface area (Å²) < 4.78 is 31.2. The molecule has 19 heavy (non-hydrogen) atoms. The van der Waals surface area contributed by atoms with Crippen molar-refractivity contribution in [2.75, 3.05) is 19.7 Å². The molecule has 0 bridgehead atoms. The summed E-state index contributed by atoms with van der Waals surface area (Å²) in [5.41, 5.74) is 0. The number of alkyl halides is 2. The molecule has 0 radical (unpaired) electrons. The first-order chi connectivity index (χ1) is 9.07. The summed E-state index contributed by atoms with van der Waals surface area (Å²) in [5, 5.41) is 5.08. The maximum Gasteiger partial charge on any atom is 0.262 e. The first-order valence-electron chi connectivity index (χ1n) is 6.14. The molecule has 2 rings (SSSR count). The zero-order chi connectivity index (χ0) is 13.7. The van der Waals surface area contributed by atoms with Crippen molar-refractivity contribution in [3.63, 3.8) is 0 Å². The molecule has 1 atom stereocenters. The van der Waals surface area contributed by atoms with Gasteiger partial charge in [0.05, 0.1) is 19.1 Å². The summed E-state index contributed by atoms with van der Waals surface area (Å²) in [7, 11) is 0. The minimum atomic E-state index is -2.79. The fourth-order valence-electron chi connectivity index (χ4n) is 1.88. The van der Waals surface area contributed by atoms with Crippen molar-refractivity contribution >= 4 is 5.91 Å². The molecular formula is C13H16F2N2O2. The predicted molar refractivity (Wildman–Crippen MR) is 66.3 cm³/mol. The number of halogens is 2. The Morgan fingerprint density at radius 2 is 2.16 bits per heavy atom. The van der Waals surface area contributed by atoms with Crippen molar-refractivity contribution in [1.29, 1.82) is 0 Å². The molecule has 0 saturated carbocycles. The highest BCUT2D eigenvalue weighted by atomic mass is 19.3. The lowest BCUT2D eigenvalue weighted by molar-refractivity contribution is -0.123. The van der Waals surface area contributed by atoms with Crippen LogP contribution in [0.5, 0.6) is 5.75 Å². The van der Waals surface area contributed by atoms with Crippen LogP contribution in [0.1, 0.15) is 6.42 Å². The van der Waals surface area contributed by atoms with Crippen LogP contribution in [0.25, 0.3) is 0 Å². The molecule has 1 aliphatic heterocycles. The smallest absolute Gasteiger partial charge is 0.262 e. The molecule has 1 unspecified atom stereocenters. The average molecular weight is 270 g/mol. The summed E-state index contributed by atoms with van der Waals surface area (Å²) in [4.78, 5) is 11.6. The van der Waals surface area contributed by atoms with Crippen molar-refractivity contribution in [3.8, 4) is 5.75 Å². The number of nitrogens with one attached hydrogen (secondary N) is 2. The van der Waals surface area contributed by atoms with Crippen LogP contribution in [0, 0.1) is 0 Å². The molecule has 1 saturated heterocycles. The number of amides is 1. The summed E-state index contributed by atoms with van der Waals surface area (Å²) in [6.07, 6.45) is -0.446. The second-order valence-electron chi connectivity index (χ2n) is 4.45. The van der Waals surface area contributed by atoms with Crippen LogP contribution in [-0.4, -0.2) is 37.6 Å². The van der Waals surface area contributed by atoms with E-state index in [9.17, 15) is 13.6 Å². The molecule has 1 fully saturated rings. The topological polar surface area (TPSA) is 50.4 Å². The predicted octanol–water partition coefficient (Wildman–Crippen LogP) is 1.18. The Morgan fingerprint density at radius 3 is 2.79 bits per heavy atom. The van der Waals surface area contributed by atoms with Gasteiger partial charge in [0, 0.05) is 6.42 Å². The van der Waals surface area contributed by atoms with Gasteiger partial charge < -0.3 is 10.1 Å². The van der Waals surface area contributed by atoms with Gasteiger partial charge in [0.1, 0.15) is 12.4 Å². The SMILES string of the molecule is O=C(NCCOc1ccccc1)C1CC(F)(F)CN1. The van der Waals surface area contributed by atoms with E-state index in [4.69, 9.17) is 4.74 Å². The van der Waals surface area contributed by atoms with E-state index in [1.165, 1.54) is 0 Å². The van der Waals surface area contributed by atoms with Crippen LogP contribution in [0.4, 0.5) is 8.78 Å². The number of hydrogen-bond acceptors (Lipinski definition) is 3. The Balaban J connectivity index is 1.65. The zero-order valence-electron chi connectivity index (χ0n) is 10.4. The van der Waals surface area contributed by atoms with Crippen LogP contribution in [-0.2, 0) is 4.79 Å². The Kier molecular flexibility index (Phi) is 4.31. The molecule has 1 aromatic carbocycles. The average Bonchev–Trinajstić information content (AvgIpc) is 2.76. The van der Waals surface area contributed by atoms with Crippen molar-refractivity contribution in [2.45, 2.75) is 18.4 Å². The lowest BCUT2D eigenvalue weighted by atomic mass is 10.2. The van der Waals surface area contributed by atoms with Gasteiger partial charge in [-0.3, -0.25) is 10.1 Å². The maximum atomic E-state index is 12.9. The Labute approximate surface area is 110 Å². The van der Waals surface area contributed by atoms with Crippen LogP contribution in [0.3, 0.4) is 0 Å². The monoisotopic (exact) mass is 270 g/mol. The molecule has 1 aromatic rings. The summed E-state index contributed by atoms with van der Waals surface area (Å²) >= 11 is 0. The first kappa shape index (κ1) is 13.7. The van der Waals surface area contributed by atoms with Gasteiger partial charge in [-0.25, -0.2) is 8.78 Å². The van der Waals surface area contributed by atoms with Crippen molar-refractivity contribution in [1.82, 2.24) is 10.6 Å². The van der Waals surface area contributed by atoms with Crippen molar-refractivity contribution < 1.29 is 18.3 Å². The highest BCUT2D eigenvalue weighted by Gasteiger charge is 2.42. The van der Waals surface area contributed by atoms with E-state index < -0.39 is 30.8 Å². The summed E-state index contributed by atoms with van der Waals surface area (Å²) in [6, 6.07) is 8.37. The Bertz CT molecular complexity index is 426. The molecule has 2 N–H and O–H groups in total. The molecule has 104 valence electrons. The van der Waals surface area contributed by atoms with Gasteiger partial charge >= 0.3 is 0 Å². The van der Waals surface area contributed by atoms with Crippen molar-refractivity contribution in [2.24, 2.45) is 0 Å². The standard InChI is InChI=1S/C13H16F2N2O2/c14-13(15)8-11(17-9-13)12(18)16-6-7-19-10-4-2-1-3-5-10/h1-5,11,17H,6-9H2,(H,16,18). The minimum absolute atomic E-state index is 0.289. The number of para-hydroxylation sites is 1. The van der Waals surface area contributed by atoms with E-state index in [0.717, 1.165) is 0 Å². The van der Waals surface area contributed by atoms with Crippen molar-refractivity contribution in [3.05, 3.63) is 30.3 Å². The van der Waals surface area contributed by atoms with E-state index in [2.05, 4.69) is 10.6 Å². The lowest BCUT2D eigenvalue weighted by Gasteiger charge is -2.11. The van der Waals surface area contributed by atoms with Gasteiger partial charge in [-0.05, 0) is 12.1 Å². The summed E-state index contributed by atoms with van der Waals surface area (Å²) in [6.45, 7) is 0.155. The van der Waals surface area contributed by atoms with E-state index in [1.54, 1.807) is 12.1 Å². The molecule has 4 nitrogen and oxygen atoms in total. The lowest BCUT2D eigenvalue weighted by Crippen LogP contribution is -2.41. The van der Waals surface area contributed by atoms with Gasteiger partial charge in [0.15, 0.2) is 0 Å². The molecule has 6 heteroatoms. The third-order valence-corrected chi connectivity index (χ3v) is 2.84. The number of hydrogen-bond donors (Lipinski definition) is 2. The van der Waals surface area contributed by atoms with E-state index in [-0.39, 0.29) is 6.54 Å². The van der Waals surface area contributed by atoms with Gasteiger partial charge in [-0.2, -0.15) is 0 Å². The third-order valence-electron chi connectivity index (χ3n) is 2.84. The molecule has 0 spiro atoms. The molecule has 0 aliphatic carbocycles.